The lowest BCUT2D eigenvalue weighted by molar-refractivity contribution is -0.121. The zero-order chi connectivity index (χ0) is 20.9. The third-order valence-corrected chi connectivity index (χ3v) is 5.39. The summed E-state index contributed by atoms with van der Waals surface area (Å²) >= 11 is 0. The van der Waals surface area contributed by atoms with Gasteiger partial charge in [-0.15, -0.1) is 0 Å². The van der Waals surface area contributed by atoms with Gasteiger partial charge < -0.3 is 19.7 Å². The Morgan fingerprint density at radius 2 is 1.63 bits per heavy atom. The quantitative estimate of drug-likeness (QED) is 0.627. The first-order chi connectivity index (χ1) is 14.7. The summed E-state index contributed by atoms with van der Waals surface area (Å²) in [6.45, 7) is 2.07. The molecule has 0 aromatic heterocycles. The molecule has 154 valence electrons. The molecule has 0 bridgehead atoms. The molecule has 0 saturated heterocycles. The van der Waals surface area contributed by atoms with Gasteiger partial charge in [0.15, 0.2) is 6.61 Å². The molecule has 4 rings (SSSR count). The molecule has 0 unspecified atom stereocenters. The highest BCUT2D eigenvalue weighted by Crippen LogP contribution is 2.38. The van der Waals surface area contributed by atoms with Crippen molar-refractivity contribution < 1.29 is 14.3 Å². The first-order valence-electron chi connectivity index (χ1n) is 10.1. The number of para-hydroxylation sites is 2. The molecule has 0 fully saturated rings. The van der Waals surface area contributed by atoms with E-state index in [1.54, 1.807) is 19.2 Å². The predicted molar refractivity (Wildman–Crippen MR) is 119 cm³/mol. The lowest BCUT2D eigenvalue weighted by atomic mass is 9.91. The fraction of sp³-hybridized carbons (Fsp3) is 0.240. The van der Waals surface area contributed by atoms with E-state index in [1.807, 2.05) is 53.4 Å². The number of amides is 1. The van der Waals surface area contributed by atoms with Gasteiger partial charge in [-0.1, -0.05) is 36.4 Å². The molecule has 1 N–H and O–H groups in total. The summed E-state index contributed by atoms with van der Waals surface area (Å²) in [5, 5.41) is 3.61. The number of hydrogen-bond donors (Lipinski definition) is 1. The number of hydrogen-bond acceptors (Lipinski definition) is 4. The number of nitrogens with zero attached hydrogens (tertiary/aromatic N) is 1. The summed E-state index contributed by atoms with van der Waals surface area (Å²) in [4.78, 5) is 15.0. The average Bonchev–Trinajstić information content (AvgIpc) is 2.78. The molecular formula is C25H26N2O3. The van der Waals surface area contributed by atoms with Crippen LogP contribution in [0.25, 0.3) is 0 Å². The van der Waals surface area contributed by atoms with E-state index in [9.17, 15) is 4.79 Å². The van der Waals surface area contributed by atoms with Gasteiger partial charge in [0.25, 0.3) is 5.91 Å². The van der Waals surface area contributed by atoms with Crippen LogP contribution >= 0.6 is 0 Å². The van der Waals surface area contributed by atoms with Crippen molar-refractivity contribution in [2.45, 2.75) is 25.4 Å². The first kappa shape index (κ1) is 19.8. The number of carbonyl (C=O) groups excluding carboxylic acids is 1. The highest BCUT2D eigenvalue weighted by molar-refractivity contribution is 5.96. The Bertz CT molecular complexity index is 989. The van der Waals surface area contributed by atoms with Crippen molar-refractivity contribution in [3.63, 3.8) is 0 Å². The molecule has 0 radical (unpaired) electrons. The van der Waals surface area contributed by atoms with E-state index in [0.29, 0.717) is 5.75 Å². The SMILES string of the molecule is COc1ccc(OCC(=O)N2c3ccccc3[C@H](Nc3ccccc3)C[C@H]2C)cc1. The van der Waals surface area contributed by atoms with Gasteiger partial charge in [0.2, 0.25) is 0 Å². The Kier molecular flexibility index (Phi) is 5.89. The van der Waals surface area contributed by atoms with E-state index in [-0.39, 0.29) is 24.6 Å². The number of ether oxygens (including phenoxy) is 2. The maximum Gasteiger partial charge on any atom is 0.265 e. The summed E-state index contributed by atoms with van der Waals surface area (Å²) in [6, 6.07) is 25.7. The maximum atomic E-state index is 13.1. The van der Waals surface area contributed by atoms with Crippen molar-refractivity contribution in [1.82, 2.24) is 0 Å². The summed E-state index contributed by atoms with van der Waals surface area (Å²) in [5.41, 5.74) is 3.14. The van der Waals surface area contributed by atoms with Crippen LogP contribution in [-0.2, 0) is 4.79 Å². The molecule has 0 spiro atoms. The minimum Gasteiger partial charge on any atom is -0.497 e. The molecule has 1 heterocycles. The summed E-state index contributed by atoms with van der Waals surface area (Å²) in [7, 11) is 1.62. The lowest BCUT2D eigenvalue weighted by Crippen LogP contribution is -2.46. The predicted octanol–water partition coefficient (Wildman–Crippen LogP) is 5.05. The molecule has 1 aliphatic heterocycles. The van der Waals surface area contributed by atoms with E-state index in [2.05, 4.69) is 30.4 Å². The van der Waals surface area contributed by atoms with Gasteiger partial charge >= 0.3 is 0 Å². The number of fused-ring (bicyclic) bond motifs is 1. The van der Waals surface area contributed by atoms with E-state index in [4.69, 9.17) is 9.47 Å². The van der Waals surface area contributed by atoms with Crippen LogP contribution in [0.5, 0.6) is 11.5 Å². The highest BCUT2D eigenvalue weighted by atomic mass is 16.5. The van der Waals surface area contributed by atoms with Gasteiger partial charge in [-0.05, 0) is 61.4 Å². The van der Waals surface area contributed by atoms with E-state index in [0.717, 1.165) is 29.1 Å². The summed E-state index contributed by atoms with van der Waals surface area (Å²) in [6.07, 6.45) is 0.820. The van der Waals surface area contributed by atoms with E-state index < -0.39 is 0 Å². The molecule has 1 aliphatic rings. The van der Waals surface area contributed by atoms with Crippen LogP contribution in [-0.4, -0.2) is 25.7 Å². The normalized spacial score (nSPS) is 17.7. The smallest absolute Gasteiger partial charge is 0.265 e. The minimum absolute atomic E-state index is 0.0121. The van der Waals surface area contributed by atoms with Crippen LogP contribution in [0.4, 0.5) is 11.4 Å². The van der Waals surface area contributed by atoms with Gasteiger partial charge in [0.1, 0.15) is 11.5 Å². The van der Waals surface area contributed by atoms with Crippen molar-refractivity contribution in [3.05, 3.63) is 84.4 Å². The zero-order valence-corrected chi connectivity index (χ0v) is 17.2. The minimum atomic E-state index is -0.0519. The Morgan fingerprint density at radius 3 is 2.37 bits per heavy atom. The van der Waals surface area contributed by atoms with Gasteiger partial charge in [0, 0.05) is 17.4 Å². The standard InChI is InChI=1S/C25H26N2O3/c1-18-16-23(26-19-8-4-3-5-9-19)22-10-6-7-11-24(22)27(18)25(28)17-30-21-14-12-20(29-2)13-15-21/h3-15,18,23,26H,16-17H2,1-2H3/t18-,23-/m1/s1. The second kappa shape index (κ2) is 8.91. The molecule has 5 heteroatoms. The fourth-order valence-electron chi connectivity index (χ4n) is 3.95. The molecular weight excluding hydrogens is 376 g/mol. The molecule has 0 saturated carbocycles. The van der Waals surface area contributed by atoms with Gasteiger partial charge in [-0.2, -0.15) is 0 Å². The summed E-state index contributed by atoms with van der Waals surface area (Å²) < 4.78 is 10.9. The fourth-order valence-corrected chi connectivity index (χ4v) is 3.95. The molecule has 30 heavy (non-hydrogen) atoms. The Labute approximate surface area is 177 Å². The van der Waals surface area contributed by atoms with Gasteiger partial charge in [-0.25, -0.2) is 0 Å². The van der Waals surface area contributed by atoms with Crippen molar-refractivity contribution in [2.75, 3.05) is 23.9 Å². The van der Waals surface area contributed by atoms with E-state index >= 15 is 0 Å². The average molecular weight is 402 g/mol. The van der Waals surface area contributed by atoms with Crippen LogP contribution in [0.1, 0.15) is 24.9 Å². The Hall–Kier alpha value is -3.47. The van der Waals surface area contributed by atoms with Crippen molar-refractivity contribution in [2.24, 2.45) is 0 Å². The summed E-state index contributed by atoms with van der Waals surface area (Å²) in [5.74, 6) is 1.35. The number of benzene rings is 3. The number of anilines is 2. The third-order valence-electron chi connectivity index (χ3n) is 5.39. The van der Waals surface area contributed by atoms with Crippen LogP contribution in [0.15, 0.2) is 78.9 Å². The van der Waals surface area contributed by atoms with Gasteiger partial charge in [0.05, 0.1) is 13.2 Å². The molecule has 3 aromatic rings. The third kappa shape index (κ3) is 4.25. The molecule has 5 nitrogen and oxygen atoms in total. The largest absolute Gasteiger partial charge is 0.497 e. The number of methoxy groups -OCH3 is 1. The van der Waals surface area contributed by atoms with Crippen LogP contribution < -0.4 is 19.7 Å². The first-order valence-corrected chi connectivity index (χ1v) is 10.1. The van der Waals surface area contributed by atoms with Gasteiger partial charge in [-0.3, -0.25) is 4.79 Å². The van der Waals surface area contributed by atoms with Crippen molar-refractivity contribution in [3.8, 4) is 11.5 Å². The zero-order valence-electron chi connectivity index (χ0n) is 17.2. The number of rotatable bonds is 6. The van der Waals surface area contributed by atoms with Crippen molar-refractivity contribution in [1.29, 1.82) is 0 Å². The highest BCUT2D eigenvalue weighted by Gasteiger charge is 2.33. The second-order valence-electron chi connectivity index (χ2n) is 7.43. The van der Waals surface area contributed by atoms with Crippen LogP contribution in [0, 0.1) is 0 Å². The van der Waals surface area contributed by atoms with Crippen LogP contribution in [0.2, 0.25) is 0 Å². The monoisotopic (exact) mass is 402 g/mol. The maximum absolute atomic E-state index is 13.1. The van der Waals surface area contributed by atoms with Crippen LogP contribution in [0.3, 0.4) is 0 Å². The number of carbonyl (C=O) groups is 1. The van der Waals surface area contributed by atoms with Crippen molar-refractivity contribution >= 4 is 17.3 Å². The Balaban J connectivity index is 1.50. The topological polar surface area (TPSA) is 50.8 Å². The molecule has 3 aromatic carbocycles. The molecule has 1 amide bonds. The van der Waals surface area contributed by atoms with E-state index in [1.165, 1.54) is 0 Å². The molecule has 0 aliphatic carbocycles. The Morgan fingerprint density at radius 1 is 0.967 bits per heavy atom. The lowest BCUT2D eigenvalue weighted by Gasteiger charge is -2.40. The number of nitrogens with one attached hydrogen (secondary N) is 1. The molecule has 2 atom stereocenters. The second-order valence-corrected chi connectivity index (χ2v) is 7.43.